The number of aliphatic hydroxyl groups excluding tert-OH is 1. The molecule has 6 unspecified atom stereocenters. The van der Waals surface area contributed by atoms with Gasteiger partial charge in [0.2, 0.25) is 0 Å². The number of allylic oxidation sites excluding steroid dienone is 1. The average Bonchev–Trinajstić information content (AvgIpc) is 3.07. The summed E-state index contributed by atoms with van der Waals surface area (Å²) in [5.41, 5.74) is 0.619. The van der Waals surface area contributed by atoms with Crippen LogP contribution < -0.4 is 0 Å². The number of halogens is 5. The first kappa shape index (κ1) is 39.1. The average molecular weight is 753 g/mol. The van der Waals surface area contributed by atoms with Crippen LogP contribution in [0.1, 0.15) is 95.2 Å². The minimum atomic E-state index is -5.93. The third-order valence-corrected chi connectivity index (χ3v) is 13.3. The van der Waals surface area contributed by atoms with E-state index in [9.17, 15) is 31.8 Å². The number of hydrogen-bond acceptors (Lipinski definition) is 6. The first-order valence-corrected chi connectivity index (χ1v) is 19.9. The number of sulfone groups is 1. The highest BCUT2D eigenvalue weighted by atomic mass is 32.2. The lowest BCUT2D eigenvalue weighted by Crippen LogP contribution is -2.61. The van der Waals surface area contributed by atoms with Gasteiger partial charge >= 0.3 is 12.1 Å². The summed E-state index contributed by atoms with van der Waals surface area (Å²) >= 11 is 0. The maximum atomic E-state index is 15.1. The van der Waals surface area contributed by atoms with E-state index in [2.05, 4.69) is 0 Å². The van der Waals surface area contributed by atoms with Gasteiger partial charge in [-0.05, 0) is 71.9 Å². The van der Waals surface area contributed by atoms with Crippen LogP contribution in [0.2, 0.25) is 0 Å². The number of benzene rings is 2. The molecule has 52 heavy (non-hydrogen) atoms. The molecule has 2 aromatic carbocycles. The van der Waals surface area contributed by atoms with E-state index in [1.165, 1.54) is 19.1 Å². The number of alkyl halides is 5. The van der Waals surface area contributed by atoms with Crippen LogP contribution in [-0.4, -0.2) is 67.7 Å². The van der Waals surface area contributed by atoms with Crippen molar-refractivity contribution in [2.75, 3.05) is 19.5 Å². The second-order valence-electron chi connectivity index (χ2n) is 16.6. The second kappa shape index (κ2) is 13.3. The number of aliphatic hydroxyl groups is 2. The minimum Gasteiger partial charge on any atom is -0.386 e. The van der Waals surface area contributed by atoms with E-state index in [0.717, 1.165) is 28.5 Å². The van der Waals surface area contributed by atoms with Crippen molar-refractivity contribution >= 4 is 22.0 Å². The van der Waals surface area contributed by atoms with Crippen molar-refractivity contribution in [3.8, 4) is 0 Å². The molecule has 0 amide bonds. The fourth-order valence-corrected chi connectivity index (χ4v) is 10.1. The van der Waals surface area contributed by atoms with Gasteiger partial charge in [-0.25, -0.2) is 8.42 Å². The Labute approximate surface area is 303 Å². The summed E-state index contributed by atoms with van der Waals surface area (Å²) in [5.74, 6) is -8.06. The minimum absolute atomic E-state index is 0.169. The molecule has 6 rings (SSSR count). The molecule has 2 saturated carbocycles. The van der Waals surface area contributed by atoms with Crippen molar-refractivity contribution in [2.45, 2.75) is 113 Å². The van der Waals surface area contributed by atoms with Gasteiger partial charge < -0.3 is 19.7 Å². The maximum Gasteiger partial charge on any atom is 0.456 e. The van der Waals surface area contributed by atoms with E-state index in [1.807, 2.05) is 50.3 Å². The topological polar surface area (TPSA) is 93.1 Å². The number of rotatable bonds is 7. The molecule has 4 aliphatic rings. The highest BCUT2D eigenvalue weighted by molar-refractivity contribution is 7.90. The Balaban J connectivity index is 1.39. The van der Waals surface area contributed by atoms with E-state index in [4.69, 9.17) is 9.47 Å². The summed E-state index contributed by atoms with van der Waals surface area (Å²) in [6, 6.07) is 13.7. The van der Waals surface area contributed by atoms with E-state index in [-0.39, 0.29) is 36.0 Å². The third kappa shape index (κ3) is 7.03. The summed E-state index contributed by atoms with van der Waals surface area (Å²) in [5, 5.41) is 23.5. The van der Waals surface area contributed by atoms with Gasteiger partial charge in [-0.3, -0.25) is 0 Å². The van der Waals surface area contributed by atoms with Crippen LogP contribution in [0.15, 0.2) is 64.6 Å². The highest BCUT2D eigenvalue weighted by Gasteiger charge is 2.69. The van der Waals surface area contributed by atoms with E-state index in [1.54, 1.807) is 19.1 Å². The van der Waals surface area contributed by atoms with Crippen LogP contribution in [0.3, 0.4) is 0 Å². The van der Waals surface area contributed by atoms with Crippen molar-refractivity contribution in [1.82, 2.24) is 0 Å². The van der Waals surface area contributed by atoms with Crippen molar-refractivity contribution in [1.29, 1.82) is 0 Å². The quantitative estimate of drug-likeness (QED) is 0.167. The van der Waals surface area contributed by atoms with Gasteiger partial charge in [-0.2, -0.15) is 22.0 Å². The fraction of sp³-hybridized carbons (Fsp3) is 0.600. The zero-order valence-corrected chi connectivity index (χ0v) is 31.1. The Bertz CT molecular complexity index is 1810. The largest absolute Gasteiger partial charge is 0.456 e. The highest BCUT2D eigenvalue weighted by Crippen LogP contribution is 2.64. The molecular formula is C40H49F5O6S. The fourth-order valence-electron chi connectivity index (χ4n) is 9.44. The van der Waals surface area contributed by atoms with Crippen molar-refractivity contribution in [2.24, 2.45) is 22.7 Å². The predicted octanol–water partition coefficient (Wildman–Crippen LogP) is 8.73. The van der Waals surface area contributed by atoms with Gasteiger partial charge in [-0.15, -0.1) is 0 Å². The molecule has 2 N–H and O–H groups in total. The van der Waals surface area contributed by atoms with Crippen molar-refractivity contribution in [3.05, 3.63) is 76.4 Å². The second-order valence-corrected chi connectivity index (χ2v) is 18.6. The lowest BCUT2D eigenvalue weighted by molar-refractivity contribution is -0.333. The van der Waals surface area contributed by atoms with Gasteiger partial charge in [0.05, 0.1) is 23.7 Å². The zero-order chi connectivity index (χ0) is 38.1. The van der Waals surface area contributed by atoms with Gasteiger partial charge in [0.1, 0.15) is 6.10 Å². The van der Waals surface area contributed by atoms with Crippen LogP contribution in [0.25, 0.3) is 12.2 Å². The Kier molecular flexibility index (Phi) is 9.98. The lowest BCUT2D eigenvalue weighted by Gasteiger charge is -2.59. The van der Waals surface area contributed by atoms with Crippen LogP contribution in [-0.2, 0) is 19.3 Å². The monoisotopic (exact) mass is 752 g/mol. The molecule has 6 nitrogen and oxygen atoms in total. The molecule has 12 heteroatoms. The SMILES string of the molecule is CCC1C2CCC3(O)CC4(CCC3=C2C(c2ccc(/C=C/c3ccc(S(C)(=O)=O)cc3)cc2)CC1(C)C(O)C(F)(F)C(F)(F)F)OCC(C)(C)CO4. The molecule has 1 saturated heterocycles. The molecule has 1 heterocycles. The molecule has 0 bridgehead atoms. The molecule has 1 aliphatic heterocycles. The lowest BCUT2D eigenvalue weighted by atomic mass is 9.48. The number of ether oxygens (including phenoxy) is 2. The van der Waals surface area contributed by atoms with Crippen LogP contribution in [0, 0.1) is 22.7 Å². The zero-order valence-electron chi connectivity index (χ0n) is 30.3. The molecule has 3 aliphatic carbocycles. The van der Waals surface area contributed by atoms with Gasteiger partial charge in [-0.1, -0.05) is 88.2 Å². The Hall–Kier alpha value is -2.64. The molecular weight excluding hydrogens is 703 g/mol. The first-order valence-electron chi connectivity index (χ1n) is 18.0. The first-order chi connectivity index (χ1) is 24.0. The molecule has 6 atom stereocenters. The van der Waals surface area contributed by atoms with Crippen molar-refractivity contribution in [3.63, 3.8) is 0 Å². The summed E-state index contributed by atoms with van der Waals surface area (Å²) in [6.07, 6.45) is -2.29. The standard InChI is InChI=1S/C40H49F5O6S/c1-6-31-29-17-19-37(47)22-38(50-23-35(2,3)24-51-38)20-18-32(37)33(29)30(21-36(31,4)34(46)39(41,42)40(43,44)45)27-13-9-25(10-14-27)7-8-26-11-15-28(16-12-26)52(5,48)49/h7-16,29-31,34,46-47H,6,17-24H2,1-5H3/b8-7+. The summed E-state index contributed by atoms with van der Waals surface area (Å²) in [4.78, 5) is 0.205. The Morgan fingerprint density at radius 3 is 2.00 bits per heavy atom. The van der Waals surface area contributed by atoms with Crippen molar-refractivity contribution < 1.29 is 50.1 Å². The third-order valence-electron chi connectivity index (χ3n) is 12.2. The van der Waals surface area contributed by atoms with Gasteiger partial charge in [0, 0.05) is 35.8 Å². The predicted molar refractivity (Wildman–Crippen MR) is 188 cm³/mol. The molecule has 0 aromatic heterocycles. The maximum absolute atomic E-state index is 15.1. The summed E-state index contributed by atoms with van der Waals surface area (Å²) in [7, 11) is -3.34. The summed E-state index contributed by atoms with van der Waals surface area (Å²) < 4.78 is 108. The van der Waals surface area contributed by atoms with E-state index < -0.39 is 62.6 Å². The molecule has 286 valence electrons. The smallest absolute Gasteiger partial charge is 0.386 e. The summed E-state index contributed by atoms with van der Waals surface area (Å²) in [6.45, 7) is 8.15. The number of hydrogen-bond donors (Lipinski definition) is 2. The van der Waals surface area contributed by atoms with Crippen LogP contribution in [0.4, 0.5) is 22.0 Å². The molecule has 1 spiro atoms. The normalized spacial score (nSPS) is 31.3. The number of fused-ring (bicyclic) bond motifs is 2. The Morgan fingerprint density at radius 1 is 0.923 bits per heavy atom. The Morgan fingerprint density at radius 2 is 1.48 bits per heavy atom. The van der Waals surface area contributed by atoms with Crippen LogP contribution in [0.5, 0.6) is 0 Å². The molecule has 2 aromatic rings. The van der Waals surface area contributed by atoms with Crippen LogP contribution >= 0.6 is 0 Å². The molecule has 0 radical (unpaired) electrons. The molecule has 3 fully saturated rings. The van der Waals surface area contributed by atoms with Gasteiger partial charge in [0.25, 0.3) is 0 Å². The van der Waals surface area contributed by atoms with Gasteiger partial charge in [0.15, 0.2) is 15.6 Å². The van der Waals surface area contributed by atoms with E-state index >= 15 is 8.78 Å². The van der Waals surface area contributed by atoms with E-state index in [0.29, 0.717) is 38.0 Å².